The Kier molecular flexibility index (Phi) is 7.73. The number of carboxylic acids is 1. The van der Waals surface area contributed by atoms with Gasteiger partial charge in [-0.3, -0.25) is 9.59 Å². The zero-order valence-corrected chi connectivity index (χ0v) is 16.0. The number of hydrogen-bond donors (Lipinski definition) is 1. The molecule has 4 nitrogen and oxygen atoms in total. The fourth-order valence-electron chi connectivity index (χ4n) is 2.75. The zero-order chi connectivity index (χ0) is 18.9. The first-order valence-corrected chi connectivity index (χ1v) is 9.75. The van der Waals surface area contributed by atoms with Crippen molar-refractivity contribution in [1.82, 2.24) is 4.90 Å². The molecule has 138 valence electrons. The summed E-state index contributed by atoms with van der Waals surface area (Å²) in [4.78, 5) is 25.2. The topological polar surface area (TPSA) is 57.6 Å². The van der Waals surface area contributed by atoms with Crippen molar-refractivity contribution in [3.63, 3.8) is 0 Å². The highest BCUT2D eigenvalue weighted by atomic mass is 32.2. The number of rotatable bonds is 8. The van der Waals surface area contributed by atoms with Gasteiger partial charge in [-0.1, -0.05) is 66.4 Å². The summed E-state index contributed by atoms with van der Waals surface area (Å²) < 4.78 is 0. The van der Waals surface area contributed by atoms with Crippen LogP contribution in [0.5, 0.6) is 0 Å². The molecule has 1 unspecified atom stereocenters. The summed E-state index contributed by atoms with van der Waals surface area (Å²) in [5.41, 5.74) is 3.22. The summed E-state index contributed by atoms with van der Waals surface area (Å²) in [6, 6.07) is 18.1. The lowest BCUT2D eigenvalue weighted by Crippen LogP contribution is -2.27. The standard InChI is InChI=1S/C21H25NO3S/c1-3-22(4-2)21(25)26-19(14-15-20(23)24)18-12-10-17(11-13-18)16-8-6-5-7-9-16/h5-13,19H,3-4,14-15H2,1-2H3,(H,23,24). The minimum Gasteiger partial charge on any atom is -0.481 e. The van der Waals surface area contributed by atoms with E-state index in [1.165, 1.54) is 11.8 Å². The van der Waals surface area contributed by atoms with Gasteiger partial charge in [-0.15, -0.1) is 0 Å². The second-order valence-corrected chi connectivity index (χ2v) is 7.12. The summed E-state index contributed by atoms with van der Waals surface area (Å²) in [6.07, 6.45) is 0.474. The average molecular weight is 372 g/mol. The predicted molar refractivity (Wildman–Crippen MR) is 107 cm³/mol. The number of nitrogens with zero attached hydrogens (tertiary/aromatic N) is 1. The first kappa shape index (κ1) is 20.0. The van der Waals surface area contributed by atoms with E-state index in [0.717, 1.165) is 16.7 Å². The highest BCUT2D eigenvalue weighted by Crippen LogP contribution is 2.36. The lowest BCUT2D eigenvalue weighted by Gasteiger charge is -2.22. The fourth-order valence-corrected chi connectivity index (χ4v) is 3.93. The maximum atomic E-state index is 12.5. The molecule has 0 spiro atoms. The molecular formula is C21H25NO3S. The lowest BCUT2D eigenvalue weighted by molar-refractivity contribution is -0.137. The van der Waals surface area contributed by atoms with Crippen LogP contribution in [0.25, 0.3) is 11.1 Å². The van der Waals surface area contributed by atoms with Crippen LogP contribution in [0.15, 0.2) is 54.6 Å². The van der Waals surface area contributed by atoms with E-state index in [0.29, 0.717) is 19.5 Å². The normalized spacial score (nSPS) is 11.8. The second kappa shape index (κ2) is 10.0. The summed E-state index contributed by atoms with van der Waals surface area (Å²) in [6.45, 7) is 5.20. The first-order valence-electron chi connectivity index (χ1n) is 8.87. The third-order valence-electron chi connectivity index (χ3n) is 4.27. The molecule has 0 aromatic heterocycles. The molecule has 0 aliphatic heterocycles. The molecule has 1 N–H and O–H groups in total. The van der Waals surface area contributed by atoms with Crippen molar-refractivity contribution >= 4 is 23.0 Å². The van der Waals surface area contributed by atoms with Gasteiger partial charge in [-0.05, 0) is 37.0 Å². The van der Waals surface area contributed by atoms with Crippen LogP contribution >= 0.6 is 11.8 Å². The summed E-state index contributed by atoms with van der Waals surface area (Å²) in [7, 11) is 0. The Morgan fingerprint density at radius 1 is 0.962 bits per heavy atom. The molecule has 0 saturated carbocycles. The van der Waals surface area contributed by atoms with Gasteiger partial charge in [0.2, 0.25) is 0 Å². The molecule has 2 aromatic carbocycles. The van der Waals surface area contributed by atoms with Crippen molar-refractivity contribution in [3.05, 3.63) is 60.2 Å². The molecule has 0 bridgehead atoms. The van der Waals surface area contributed by atoms with E-state index in [9.17, 15) is 9.59 Å². The largest absolute Gasteiger partial charge is 0.481 e. The van der Waals surface area contributed by atoms with Crippen LogP contribution in [-0.2, 0) is 4.79 Å². The van der Waals surface area contributed by atoms with Crippen molar-refractivity contribution in [1.29, 1.82) is 0 Å². The van der Waals surface area contributed by atoms with Gasteiger partial charge in [0.05, 0.1) is 0 Å². The van der Waals surface area contributed by atoms with Gasteiger partial charge in [0, 0.05) is 24.8 Å². The molecule has 1 amide bonds. The number of carbonyl (C=O) groups is 2. The van der Waals surface area contributed by atoms with Gasteiger partial charge in [0.15, 0.2) is 0 Å². The molecular weight excluding hydrogens is 346 g/mol. The molecule has 0 radical (unpaired) electrons. The smallest absolute Gasteiger partial charge is 0.303 e. The molecule has 2 rings (SSSR count). The maximum absolute atomic E-state index is 12.5. The van der Waals surface area contributed by atoms with Gasteiger partial charge in [-0.2, -0.15) is 0 Å². The van der Waals surface area contributed by atoms with Crippen LogP contribution in [0.3, 0.4) is 0 Å². The number of thioether (sulfide) groups is 1. The van der Waals surface area contributed by atoms with Gasteiger partial charge in [-0.25, -0.2) is 0 Å². The van der Waals surface area contributed by atoms with Gasteiger partial charge in [0.1, 0.15) is 0 Å². The van der Waals surface area contributed by atoms with Crippen molar-refractivity contribution < 1.29 is 14.7 Å². The van der Waals surface area contributed by atoms with Gasteiger partial charge >= 0.3 is 5.97 Å². The molecule has 0 heterocycles. The molecule has 0 saturated heterocycles. The maximum Gasteiger partial charge on any atom is 0.303 e. The van der Waals surface area contributed by atoms with Crippen LogP contribution in [-0.4, -0.2) is 34.3 Å². The SMILES string of the molecule is CCN(CC)C(=O)SC(CCC(=O)O)c1ccc(-c2ccccc2)cc1. The van der Waals surface area contributed by atoms with Crippen molar-refractivity contribution in [2.75, 3.05) is 13.1 Å². The quantitative estimate of drug-likeness (QED) is 0.670. The molecule has 26 heavy (non-hydrogen) atoms. The zero-order valence-electron chi connectivity index (χ0n) is 15.2. The Morgan fingerprint density at radius 3 is 2.08 bits per heavy atom. The van der Waals surface area contributed by atoms with Crippen LogP contribution in [0.1, 0.15) is 37.5 Å². The molecule has 0 aliphatic carbocycles. The molecule has 0 fully saturated rings. The molecule has 5 heteroatoms. The highest BCUT2D eigenvalue weighted by Gasteiger charge is 2.21. The Balaban J connectivity index is 2.18. The third-order valence-corrected chi connectivity index (χ3v) is 5.53. The summed E-state index contributed by atoms with van der Waals surface area (Å²) in [5.74, 6) is -0.841. The number of carboxylic acid groups (broad SMARTS) is 1. The third kappa shape index (κ3) is 5.63. The molecule has 1 atom stereocenters. The van der Waals surface area contributed by atoms with Crippen molar-refractivity contribution in [2.45, 2.75) is 31.9 Å². The number of carbonyl (C=O) groups excluding carboxylic acids is 1. The Bertz CT molecular complexity index is 712. The van der Waals surface area contributed by atoms with Crippen LogP contribution < -0.4 is 0 Å². The Morgan fingerprint density at radius 2 is 1.54 bits per heavy atom. The van der Waals surface area contributed by atoms with Gasteiger partial charge < -0.3 is 10.0 Å². The minimum absolute atomic E-state index is 0.00229. The van der Waals surface area contributed by atoms with Crippen LogP contribution in [0.2, 0.25) is 0 Å². The number of aliphatic carboxylic acids is 1. The summed E-state index contributed by atoms with van der Waals surface area (Å²) >= 11 is 1.22. The number of amides is 1. The summed E-state index contributed by atoms with van der Waals surface area (Å²) in [5, 5.41) is 8.87. The average Bonchev–Trinajstić information content (AvgIpc) is 2.67. The minimum atomic E-state index is -0.841. The number of benzene rings is 2. The Hall–Kier alpha value is -2.27. The van der Waals surface area contributed by atoms with Crippen molar-refractivity contribution in [3.8, 4) is 11.1 Å². The van der Waals surface area contributed by atoms with E-state index in [1.807, 2.05) is 56.3 Å². The first-order chi connectivity index (χ1) is 12.5. The monoisotopic (exact) mass is 371 g/mol. The predicted octanol–water partition coefficient (Wildman–Crippen LogP) is 5.45. The van der Waals surface area contributed by atoms with E-state index in [2.05, 4.69) is 12.1 Å². The fraction of sp³-hybridized carbons (Fsp3) is 0.333. The molecule has 0 aliphatic rings. The number of hydrogen-bond acceptors (Lipinski definition) is 3. The van der Waals surface area contributed by atoms with E-state index >= 15 is 0 Å². The van der Waals surface area contributed by atoms with Crippen molar-refractivity contribution in [2.24, 2.45) is 0 Å². The Labute approximate surface area is 159 Å². The van der Waals surface area contributed by atoms with E-state index < -0.39 is 5.97 Å². The lowest BCUT2D eigenvalue weighted by atomic mass is 10.0. The van der Waals surface area contributed by atoms with E-state index in [1.54, 1.807) is 4.90 Å². The van der Waals surface area contributed by atoms with Crippen LogP contribution in [0.4, 0.5) is 4.79 Å². The van der Waals surface area contributed by atoms with Crippen LogP contribution in [0, 0.1) is 0 Å². The van der Waals surface area contributed by atoms with Gasteiger partial charge in [0.25, 0.3) is 5.24 Å². The van der Waals surface area contributed by atoms with E-state index in [-0.39, 0.29) is 16.9 Å². The highest BCUT2D eigenvalue weighted by molar-refractivity contribution is 8.13. The molecule has 2 aromatic rings. The van der Waals surface area contributed by atoms with E-state index in [4.69, 9.17) is 5.11 Å². The second-order valence-electron chi connectivity index (χ2n) is 5.97.